The molecular formula is C98H99Cl2N11O10. The van der Waals surface area contributed by atoms with Crippen molar-refractivity contribution in [2.45, 2.75) is 117 Å². The second-order valence-corrected chi connectivity index (χ2v) is 30.8. The molecule has 11 aromatic rings. The van der Waals surface area contributed by atoms with E-state index in [-0.39, 0.29) is 91.3 Å². The van der Waals surface area contributed by atoms with Crippen LogP contribution in [0.1, 0.15) is 122 Å². The van der Waals surface area contributed by atoms with Crippen molar-refractivity contribution in [1.29, 1.82) is 0 Å². The standard InChI is InChI=1S/C44H42N4O3.C41H40N2O4.C7H6N4O.C4H5N.CO2.CH4.2ClH/c1-43(2)37(47(27-24-39(49)46-29-26-45-30-46)35-22-20-31-14-10-12-16-33(31)41(35)43)18-8-6-5-7-9-19-38-44(3,4)42-34-17-13-11-15-32(34)21-23-36(42)48(38)28-25-40(50)51;1-40(2)34(42(26-24-36(44)45)32-22-20-28-14-10-12-16-30(28)38(32)40)18-8-6-5-7-9-19-35-41(3,4)39-31-17-13-11-15-29(31)21-23-33(39)43(35)27-25-37(46)47;12-7(10-3-1-8-5-10)11-4-2-9-6-11;1-2-4-5-3-1;2-1-3;;;/h5-23,26,29-30H,24-25,27-28H2,1-4H3;5-23H,24-27H2,1-4H3,(H-,44,45,46,47);1-6H;1,3-4H,2H2;;1H4;2*1H. The number of hydrogen-bond acceptors (Lipinski definition) is 13. The van der Waals surface area contributed by atoms with Gasteiger partial charge in [-0.05, 0) is 118 Å². The lowest BCUT2D eigenvalue weighted by Crippen LogP contribution is -3.00. The minimum Gasteiger partial charge on any atom is -1.00 e. The average molecular weight is 1660 g/mol. The summed E-state index contributed by atoms with van der Waals surface area (Å²) in [5, 5.41) is 38.0. The van der Waals surface area contributed by atoms with E-state index in [1.165, 1.54) is 87.1 Å². The molecule has 0 saturated carbocycles. The molecule has 0 unspecified atom stereocenters. The van der Waals surface area contributed by atoms with Crippen LogP contribution in [0, 0.1) is 0 Å². The Labute approximate surface area is 717 Å². The molecule has 0 radical (unpaired) electrons. The van der Waals surface area contributed by atoms with Gasteiger partial charge in [-0.25, -0.2) is 19.7 Å². The van der Waals surface area contributed by atoms with Gasteiger partial charge in [0.25, 0.3) is 0 Å². The molecule has 121 heavy (non-hydrogen) atoms. The Hall–Kier alpha value is -13.6. The highest BCUT2D eigenvalue weighted by Gasteiger charge is 2.48. The Kier molecular flexibility index (Phi) is 30.7. The smallest absolute Gasteiger partial charge is 0.373 e. The third-order valence-corrected chi connectivity index (χ3v) is 21.9. The second-order valence-electron chi connectivity index (χ2n) is 30.8. The summed E-state index contributed by atoms with van der Waals surface area (Å²) in [5.41, 5.74) is 12.4. The molecule has 3 N–H and O–H groups in total. The van der Waals surface area contributed by atoms with E-state index in [1.54, 1.807) is 54.3 Å². The molecule has 5 aliphatic heterocycles. The molecule has 21 nitrogen and oxygen atoms in total. The maximum Gasteiger partial charge on any atom is 0.373 e. The molecule has 0 atom stereocenters. The topological polar surface area (TPSA) is 258 Å². The van der Waals surface area contributed by atoms with Gasteiger partial charge < -0.3 is 49.9 Å². The fraction of sp³-hybridized carbons (Fsp3) is 0.224. The van der Waals surface area contributed by atoms with Gasteiger partial charge in [0.2, 0.25) is 17.3 Å². The van der Waals surface area contributed by atoms with Gasteiger partial charge in [-0.2, -0.15) is 18.7 Å². The Morgan fingerprint density at radius 2 is 0.777 bits per heavy atom. The number of anilines is 2. The van der Waals surface area contributed by atoms with Gasteiger partial charge in [0, 0.05) is 145 Å². The van der Waals surface area contributed by atoms with E-state index in [0.717, 1.165) is 52.0 Å². The number of halogens is 2. The van der Waals surface area contributed by atoms with Gasteiger partial charge in [-0.15, -0.1) is 0 Å². The van der Waals surface area contributed by atoms with Crippen LogP contribution in [0.2, 0.25) is 0 Å². The highest BCUT2D eigenvalue weighted by atomic mass is 35.5. The first-order chi connectivity index (χ1) is 56.9. The Balaban J connectivity index is 0.000000219. The van der Waals surface area contributed by atoms with E-state index in [9.17, 15) is 39.3 Å². The zero-order valence-electron chi connectivity index (χ0n) is 68.1. The van der Waals surface area contributed by atoms with Gasteiger partial charge in [-0.3, -0.25) is 37.9 Å². The maximum absolute atomic E-state index is 13.0. The lowest BCUT2D eigenvalue weighted by molar-refractivity contribution is -0.436. The van der Waals surface area contributed by atoms with E-state index in [0.29, 0.717) is 32.6 Å². The summed E-state index contributed by atoms with van der Waals surface area (Å²) in [6, 6.07) is 50.4. The molecule has 0 saturated heterocycles. The van der Waals surface area contributed by atoms with Crippen LogP contribution < -0.4 is 34.6 Å². The fourth-order valence-electron chi connectivity index (χ4n) is 16.6. The van der Waals surface area contributed by atoms with Crippen molar-refractivity contribution in [3.05, 3.63) is 333 Å². The number of hydrogen-bond donors (Lipinski definition) is 3. The van der Waals surface area contributed by atoms with Crippen molar-refractivity contribution >= 4 is 119 Å². The number of carbonyl (C=O) groups excluding carboxylic acids is 4. The Morgan fingerprint density at radius 1 is 0.430 bits per heavy atom. The van der Waals surface area contributed by atoms with Gasteiger partial charge in [-0.1, -0.05) is 211 Å². The van der Waals surface area contributed by atoms with Crippen LogP contribution in [-0.4, -0.2) is 133 Å². The summed E-state index contributed by atoms with van der Waals surface area (Å²) >= 11 is 0. The van der Waals surface area contributed by atoms with E-state index >= 15 is 0 Å². The Morgan fingerprint density at radius 3 is 1.12 bits per heavy atom. The molecule has 0 bridgehead atoms. The van der Waals surface area contributed by atoms with Crippen LogP contribution in [0.25, 0.3) is 43.1 Å². The minimum atomic E-state index is -0.817. The summed E-state index contributed by atoms with van der Waals surface area (Å²) in [5.74, 6) is -2.44. The van der Waals surface area contributed by atoms with E-state index in [1.807, 2.05) is 85.2 Å². The van der Waals surface area contributed by atoms with Crippen LogP contribution in [0.5, 0.6) is 0 Å². The summed E-state index contributed by atoms with van der Waals surface area (Å²) < 4.78 is 8.61. The van der Waals surface area contributed by atoms with Gasteiger partial charge in [0.1, 0.15) is 31.8 Å². The van der Waals surface area contributed by atoms with E-state index < -0.39 is 17.9 Å². The molecule has 0 spiro atoms. The van der Waals surface area contributed by atoms with Crippen LogP contribution >= 0.6 is 0 Å². The summed E-state index contributed by atoms with van der Waals surface area (Å²) in [7, 11) is 0. The second kappa shape index (κ2) is 40.7. The number of rotatable bonds is 20. The van der Waals surface area contributed by atoms with Crippen molar-refractivity contribution in [2.75, 3.05) is 36.0 Å². The number of carboxylic acid groups (broad SMARTS) is 3. The highest BCUT2D eigenvalue weighted by molar-refractivity contribution is 6.09. The third-order valence-electron chi connectivity index (χ3n) is 21.9. The van der Waals surface area contributed by atoms with Crippen molar-refractivity contribution < 1.29 is 82.8 Å². The van der Waals surface area contributed by atoms with E-state index in [4.69, 9.17) is 9.59 Å². The van der Waals surface area contributed by atoms with Gasteiger partial charge in [0.05, 0.1) is 17.3 Å². The van der Waals surface area contributed by atoms with Crippen LogP contribution in [0.15, 0.2) is 315 Å². The normalized spacial score (nSPS) is 15.9. The molecule has 5 aliphatic rings. The molecule has 8 aromatic carbocycles. The molecule has 8 heterocycles. The fourth-order valence-corrected chi connectivity index (χ4v) is 16.6. The molecule has 620 valence electrons. The van der Waals surface area contributed by atoms with Crippen LogP contribution in [-0.2, 0) is 45.6 Å². The van der Waals surface area contributed by atoms with Crippen molar-refractivity contribution in [1.82, 2.24) is 28.7 Å². The lowest BCUT2D eigenvalue weighted by Gasteiger charge is -2.27. The molecule has 0 aliphatic carbocycles. The minimum absolute atomic E-state index is 0. The molecular weight excluding hydrogens is 1560 g/mol. The predicted octanol–water partition coefficient (Wildman–Crippen LogP) is 13.4. The van der Waals surface area contributed by atoms with Gasteiger partial charge >= 0.3 is 30.1 Å². The van der Waals surface area contributed by atoms with Crippen LogP contribution in [0.3, 0.4) is 0 Å². The number of imidazole rings is 3. The number of fused-ring (bicyclic) bond motifs is 12. The molecule has 16 rings (SSSR count). The first-order valence-corrected chi connectivity index (χ1v) is 39.1. The average Bonchev–Trinajstić information content (AvgIpc) is 1.60. The SMILES string of the molecule is C.C1=CN=CC1.CC1(C)C(/C=C/C=C/C=C/C=C2/N(CCC(=O)O)c3ccc4ccccc4c3C2(C)C)=[N+](CCC(=O)O)c2ccc3ccccc3c21.CC1(C)C(/C=C/C=C/C=C/C=C2/N(CCC(=O)n3ccnc3)c3ccc4ccccc4c3C2(C)C)=[N+](CCC(=O)O)c2ccc3ccccc3c21.O=C(n1ccnc1)n1ccnc1.O=C=O.[Cl-].[Cl-]. The summed E-state index contributed by atoms with van der Waals surface area (Å²) in [6.45, 7) is 19.5. The third kappa shape index (κ3) is 20.1. The van der Waals surface area contributed by atoms with Crippen molar-refractivity contribution in [3.8, 4) is 0 Å². The van der Waals surface area contributed by atoms with E-state index in [2.05, 4.69) is 252 Å². The number of aliphatic imine (C=N–C) groups is 1. The largest absolute Gasteiger partial charge is 1.00 e. The summed E-state index contributed by atoms with van der Waals surface area (Å²) in [4.78, 5) is 95.1. The zero-order valence-corrected chi connectivity index (χ0v) is 69.6. The van der Waals surface area contributed by atoms with Crippen LogP contribution in [0.4, 0.5) is 27.5 Å². The number of carboxylic acids is 3. The van der Waals surface area contributed by atoms with Gasteiger partial charge in [0.15, 0.2) is 24.5 Å². The molecule has 0 fully saturated rings. The maximum atomic E-state index is 13.0. The highest BCUT2D eigenvalue weighted by Crippen LogP contribution is 2.53. The first kappa shape index (κ1) is 91.3. The predicted molar refractivity (Wildman–Crippen MR) is 472 cm³/mol. The van der Waals surface area contributed by atoms with Crippen molar-refractivity contribution in [3.63, 3.8) is 0 Å². The molecule has 23 heteroatoms. The summed E-state index contributed by atoms with van der Waals surface area (Å²) in [6.07, 6.45) is 50.1. The Bertz CT molecular complexity index is 6020. The number of carbonyl (C=O) groups is 5. The number of nitrogens with zero attached hydrogens (tertiary/aromatic N) is 11. The number of aliphatic carboxylic acids is 3. The quantitative estimate of drug-likeness (QED) is 0.0473. The molecule has 3 aromatic heterocycles. The van der Waals surface area contributed by atoms with Crippen molar-refractivity contribution in [2.24, 2.45) is 4.99 Å². The number of benzene rings is 8. The molecule has 0 amide bonds. The lowest BCUT2D eigenvalue weighted by atomic mass is 9.79. The number of allylic oxidation sites excluding steroid dienone is 17. The monoisotopic (exact) mass is 1660 g/mol. The zero-order chi connectivity index (χ0) is 83.7. The first-order valence-electron chi connectivity index (χ1n) is 39.1. The number of aromatic nitrogens is 6.